The van der Waals surface area contributed by atoms with Crippen molar-refractivity contribution in [1.29, 1.82) is 0 Å². The molecule has 0 unspecified atom stereocenters. The van der Waals surface area contributed by atoms with Crippen molar-refractivity contribution in [3.63, 3.8) is 0 Å². The molecule has 0 aliphatic rings. The van der Waals surface area contributed by atoms with E-state index in [9.17, 15) is 0 Å². The number of ether oxygens (including phenoxy) is 1. The van der Waals surface area contributed by atoms with Gasteiger partial charge in [-0.25, -0.2) is 0 Å². The SMILES string of the molecule is C/C(=C/Cl)COCCc1ccccc1N. The Balaban J connectivity index is 2.29. The first-order valence-electron chi connectivity index (χ1n) is 4.91. The molecule has 0 bridgehead atoms. The van der Waals surface area contributed by atoms with Crippen LogP contribution in [0.1, 0.15) is 12.5 Å². The van der Waals surface area contributed by atoms with Gasteiger partial charge in [0.25, 0.3) is 0 Å². The predicted octanol–water partition coefficient (Wildman–Crippen LogP) is 2.97. The van der Waals surface area contributed by atoms with Gasteiger partial charge < -0.3 is 10.5 Å². The monoisotopic (exact) mass is 225 g/mol. The van der Waals surface area contributed by atoms with Gasteiger partial charge in [0.1, 0.15) is 0 Å². The van der Waals surface area contributed by atoms with E-state index in [1.54, 1.807) is 0 Å². The number of benzene rings is 1. The first kappa shape index (κ1) is 12.1. The molecule has 0 radical (unpaired) electrons. The molecule has 2 N–H and O–H groups in total. The lowest BCUT2D eigenvalue weighted by Gasteiger charge is -2.06. The van der Waals surface area contributed by atoms with E-state index < -0.39 is 0 Å². The number of halogens is 1. The van der Waals surface area contributed by atoms with Crippen molar-refractivity contribution in [3.05, 3.63) is 40.9 Å². The molecule has 0 atom stereocenters. The minimum Gasteiger partial charge on any atom is -0.399 e. The Morgan fingerprint density at radius 3 is 2.87 bits per heavy atom. The molecule has 0 saturated heterocycles. The van der Waals surface area contributed by atoms with E-state index in [1.807, 2.05) is 31.2 Å². The van der Waals surface area contributed by atoms with Crippen molar-refractivity contribution in [1.82, 2.24) is 0 Å². The Bertz CT molecular complexity index is 336. The summed E-state index contributed by atoms with van der Waals surface area (Å²) in [6.45, 7) is 3.18. The zero-order chi connectivity index (χ0) is 11.1. The van der Waals surface area contributed by atoms with Crippen LogP contribution in [-0.4, -0.2) is 13.2 Å². The minimum absolute atomic E-state index is 0.580. The Kier molecular flexibility index (Phi) is 5.22. The lowest BCUT2D eigenvalue weighted by Crippen LogP contribution is -2.03. The van der Waals surface area contributed by atoms with Gasteiger partial charge in [0.15, 0.2) is 0 Å². The van der Waals surface area contributed by atoms with Gasteiger partial charge in [-0.15, -0.1) is 0 Å². The molecule has 0 aliphatic carbocycles. The van der Waals surface area contributed by atoms with Gasteiger partial charge >= 0.3 is 0 Å². The molecule has 1 aromatic rings. The molecule has 3 heteroatoms. The van der Waals surface area contributed by atoms with E-state index in [4.69, 9.17) is 22.1 Å². The summed E-state index contributed by atoms with van der Waals surface area (Å²) in [7, 11) is 0. The summed E-state index contributed by atoms with van der Waals surface area (Å²) in [5, 5.41) is 0. The largest absolute Gasteiger partial charge is 0.399 e. The quantitative estimate of drug-likeness (QED) is 0.618. The van der Waals surface area contributed by atoms with Crippen LogP contribution < -0.4 is 5.73 Å². The molecule has 0 fully saturated rings. The molecule has 0 amide bonds. The molecule has 82 valence electrons. The number of anilines is 1. The van der Waals surface area contributed by atoms with Gasteiger partial charge in [-0.05, 0) is 30.5 Å². The predicted molar refractivity (Wildman–Crippen MR) is 65.0 cm³/mol. The van der Waals surface area contributed by atoms with Crippen molar-refractivity contribution < 1.29 is 4.74 Å². The highest BCUT2D eigenvalue weighted by atomic mass is 35.5. The van der Waals surface area contributed by atoms with Crippen molar-refractivity contribution in [2.75, 3.05) is 18.9 Å². The number of para-hydroxylation sites is 1. The summed E-state index contributed by atoms with van der Waals surface area (Å²) in [5.74, 6) is 0. The second-order valence-corrected chi connectivity index (χ2v) is 3.68. The molecule has 0 aliphatic heterocycles. The topological polar surface area (TPSA) is 35.2 Å². The zero-order valence-electron chi connectivity index (χ0n) is 8.87. The summed E-state index contributed by atoms with van der Waals surface area (Å²) < 4.78 is 5.44. The van der Waals surface area contributed by atoms with Gasteiger partial charge in [-0.2, -0.15) is 0 Å². The number of rotatable bonds is 5. The van der Waals surface area contributed by atoms with E-state index in [2.05, 4.69) is 0 Å². The van der Waals surface area contributed by atoms with Crippen LogP contribution in [0.25, 0.3) is 0 Å². The second kappa shape index (κ2) is 6.49. The normalized spacial score (nSPS) is 11.7. The maximum absolute atomic E-state index is 5.80. The molecule has 1 rings (SSSR count). The fourth-order valence-corrected chi connectivity index (χ4v) is 1.27. The summed E-state index contributed by atoms with van der Waals surface area (Å²) in [4.78, 5) is 0. The standard InChI is InChI=1S/C12H16ClNO/c1-10(8-13)9-15-7-6-11-4-2-3-5-12(11)14/h2-5,8H,6-7,9,14H2,1H3/b10-8-. The summed E-state index contributed by atoms with van der Waals surface area (Å²) in [6.07, 6.45) is 0.836. The van der Waals surface area contributed by atoms with Crippen LogP contribution >= 0.6 is 11.6 Å². The fraction of sp³-hybridized carbons (Fsp3) is 0.333. The van der Waals surface area contributed by atoms with Gasteiger partial charge in [-0.1, -0.05) is 29.8 Å². The van der Waals surface area contributed by atoms with Crippen molar-refractivity contribution >= 4 is 17.3 Å². The number of nitrogen functional groups attached to an aromatic ring is 1. The van der Waals surface area contributed by atoms with E-state index in [-0.39, 0.29) is 0 Å². The van der Waals surface area contributed by atoms with Crippen molar-refractivity contribution in [2.45, 2.75) is 13.3 Å². The molecule has 0 heterocycles. The maximum atomic E-state index is 5.80. The molecular weight excluding hydrogens is 210 g/mol. The summed E-state index contributed by atoms with van der Waals surface area (Å²) in [6, 6.07) is 7.83. The third kappa shape index (κ3) is 4.36. The Morgan fingerprint density at radius 1 is 1.47 bits per heavy atom. The Hall–Kier alpha value is -0.990. The van der Waals surface area contributed by atoms with Crippen molar-refractivity contribution in [2.24, 2.45) is 0 Å². The highest BCUT2D eigenvalue weighted by Gasteiger charge is 1.97. The zero-order valence-corrected chi connectivity index (χ0v) is 9.63. The highest BCUT2D eigenvalue weighted by Crippen LogP contribution is 2.11. The van der Waals surface area contributed by atoms with Crippen LogP contribution in [0.3, 0.4) is 0 Å². The number of hydrogen-bond donors (Lipinski definition) is 1. The minimum atomic E-state index is 0.580. The van der Waals surface area contributed by atoms with Crippen LogP contribution in [0.4, 0.5) is 5.69 Å². The molecule has 0 spiro atoms. The van der Waals surface area contributed by atoms with E-state index in [0.29, 0.717) is 13.2 Å². The molecule has 15 heavy (non-hydrogen) atoms. The summed E-state index contributed by atoms with van der Waals surface area (Å²) in [5.41, 5.74) is 10.3. The second-order valence-electron chi connectivity index (χ2n) is 3.46. The van der Waals surface area contributed by atoms with Gasteiger partial charge in [0.2, 0.25) is 0 Å². The third-order valence-electron chi connectivity index (χ3n) is 2.09. The molecule has 0 saturated carbocycles. The van der Waals surface area contributed by atoms with Crippen molar-refractivity contribution in [3.8, 4) is 0 Å². The Labute approximate surface area is 95.7 Å². The van der Waals surface area contributed by atoms with E-state index >= 15 is 0 Å². The maximum Gasteiger partial charge on any atom is 0.0685 e. The van der Waals surface area contributed by atoms with Crippen LogP contribution in [-0.2, 0) is 11.2 Å². The van der Waals surface area contributed by atoms with Gasteiger partial charge in [0, 0.05) is 11.2 Å². The number of nitrogens with two attached hydrogens (primary N) is 1. The highest BCUT2D eigenvalue weighted by molar-refractivity contribution is 6.25. The fourth-order valence-electron chi connectivity index (χ4n) is 1.21. The van der Waals surface area contributed by atoms with E-state index in [1.165, 1.54) is 5.54 Å². The average molecular weight is 226 g/mol. The number of hydrogen-bond acceptors (Lipinski definition) is 2. The third-order valence-corrected chi connectivity index (χ3v) is 2.46. The molecule has 1 aromatic carbocycles. The molecular formula is C12H16ClNO. The summed E-state index contributed by atoms with van der Waals surface area (Å²) >= 11 is 5.51. The van der Waals surface area contributed by atoms with Crippen LogP contribution in [0.5, 0.6) is 0 Å². The lowest BCUT2D eigenvalue weighted by atomic mass is 10.1. The molecule has 2 nitrogen and oxygen atoms in total. The smallest absolute Gasteiger partial charge is 0.0685 e. The van der Waals surface area contributed by atoms with Crippen LogP contribution in [0, 0.1) is 0 Å². The van der Waals surface area contributed by atoms with Crippen LogP contribution in [0.2, 0.25) is 0 Å². The first-order chi connectivity index (χ1) is 7.24. The Morgan fingerprint density at radius 2 is 2.20 bits per heavy atom. The first-order valence-corrected chi connectivity index (χ1v) is 5.34. The van der Waals surface area contributed by atoms with Gasteiger partial charge in [-0.3, -0.25) is 0 Å². The lowest BCUT2D eigenvalue weighted by molar-refractivity contribution is 0.159. The van der Waals surface area contributed by atoms with Crippen LogP contribution in [0.15, 0.2) is 35.4 Å². The molecule has 0 aromatic heterocycles. The van der Waals surface area contributed by atoms with Gasteiger partial charge in [0.05, 0.1) is 13.2 Å². The van der Waals surface area contributed by atoms with E-state index in [0.717, 1.165) is 23.2 Å². The average Bonchev–Trinajstić information content (AvgIpc) is 2.26.